The molecule has 0 aromatic heterocycles. The van der Waals surface area contributed by atoms with Crippen molar-refractivity contribution in [3.63, 3.8) is 0 Å². The van der Waals surface area contributed by atoms with Crippen LogP contribution in [0.3, 0.4) is 0 Å². The molecule has 0 aliphatic carbocycles. The fraction of sp³-hybridized carbons (Fsp3) is 0.600. The van der Waals surface area contributed by atoms with Crippen molar-refractivity contribution >= 4 is 12.1 Å². The first-order chi connectivity index (χ1) is 7.54. The molecule has 1 aliphatic heterocycles. The van der Waals surface area contributed by atoms with Gasteiger partial charge in [0.15, 0.2) is 0 Å². The van der Waals surface area contributed by atoms with Crippen LogP contribution in [0, 0.1) is 5.92 Å². The highest BCUT2D eigenvalue weighted by Gasteiger charge is 2.35. The van der Waals surface area contributed by atoms with Crippen LogP contribution in [0.4, 0.5) is 4.79 Å². The zero-order chi connectivity index (χ0) is 12.1. The number of amides is 1. The van der Waals surface area contributed by atoms with E-state index in [1.165, 1.54) is 11.0 Å². The minimum absolute atomic E-state index is 0.106. The fourth-order valence-corrected chi connectivity index (χ4v) is 1.65. The van der Waals surface area contributed by atoms with Crippen molar-refractivity contribution in [1.29, 1.82) is 0 Å². The SMILES string of the molecule is C=CCOC(=O)N1C[C@@H](CC(=O)O)[C@H](O)C1. The summed E-state index contributed by atoms with van der Waals surface area (Å²) >= 11 is 0. The van der Waals surface area contributed by atoms with E-state index in [0.717, 1.165) is 0 Å². The molecule has 1 amide bonds. The maximum atomic E-state index is 11.4. The first-order valence-electron chi connectivity index (χ1n) is 4.97. The molecule has 1 rings (SSSR count). The topological polar surface area (TPSA) is 87.1 Å². The number of β-amino-alcohol motifs (C(OH)–C–C–N with tert-alkyl or cyclic N) is 1. The Labute approximate surface area is 93.1 Å². The number of hydrogen-bond acceptors (Lipinski definition) is 4. The van der Waals surface area contributed by atoms with E-state index in [2.05, 4.69) is 6.58 Å². The van der Waals surface area contributed by atoms with E-state index >= 15 is 0 Å². The Bertz CT molecular complexity index is 291. The highest BCUT2D eigenvalue weighted by molar-refractivity contribution is 5.69. The molecule has 6 nitrogen and oxygen atoms in total. The van der Waals surface area contributed by atoms with Gasteiger partial charge >= 0.3 is 12.1 Å². The number of rotatable bonds is 4. The standard InChI is InChI=1S/C10H15NO5/c1-2-3-16-10(15)11-5-7(4-9(13)14)8(12)6-11/h2,7-8,12H,1,3-6H2,(H,13,14)/t7-,8-/m1/s1. The van der Waals surface area contributed by atoms with E-state index in [4.69, 9.17) is 9.84 Å². The van der Waals surface area contributed by atoms with Crippen LogP contribution < -0.4 is 0 Å². The van der Waals surface area contributed by atoms with E-state index in [1.54, 1.807) is 0 Å². The van der Waals surface area contributed by atoms with Crippen LogP contribution in [0.1, 0.15) is 6.42 Å². The maximum absolute atomic E-state index is 11.4. The van der Waals surface area contributed by atoms with Crippen LogP contribution in [0.25, 0.3) is 0 Å². The third kappa shape index (κ3) is 3.23. The monoisotopic (exact) mass is 229 g/mol. The van der Waals surface area contributed by atoms with Crippen molar-refractivity contribution in [3.8, 4) is 0 Å². The van der Waals surface area contributed by atoms with Gasteiger partial charge in [-0.1, -0.05) is 12.7 Å². The summed E-state index contributed by atoms with van der Waals surface area (Å²) in [6.07, 6.45) is -0.0508. The largest absolute Gasteiger partial charge is 0.481 e. The molecule has 0 radical (unpaired) electrons. The molecule has 1 heterocycles. The van der Waals surface area contributed by atoms with Crippen molar-refractivity contribution in [2.75, 3.05) is 19.7 Å². The lowest BCUT2D eigenvalue weighted by Crippen LogP contribution is -2.30. The number of ether oxygens (including phenoxy) is 1. The Morgan fingerprint density at radius 2 is 2.19 bits per heavy atom. The predicted octanol–water partition coefficient (Wildman–Crippen LogP) is 0.0764. The van der Waals surface area contributed by atoms with Crippen LogP contribution in [0.5, 0.6) is 0 Å². The summed E-state index contributed by atoms with van der Waals surface area (Å²) in [7, 11) is 0. The highest BCUT2D eigenvalue weighted by atomic mass is 16.6. The van der Waals surface area contributed by atoms with Gasteiger partial charge in [-0.3, -0.25) is 4.79 Å². The normalized spacial score (nSPS) is 24.2. The van der Waals surface area contributed by atoms with E-state index in [-0.39, 0.29) is 26.1 Å². The van der Waals surface area contributed by atoms with E-state index < -0.39 is 24.1 Å². The van der Waals surface area contributed by atoms with Gasteiger partial charge in [-0.2, -0.15) is 0 Å². The number of carbonyl (C=O) groups is 2. The summed E-state index contributed by atoms with van der Waals surface area (Å²) in [6, 6.07) is 0. The molecular formula is C10H15NO5. The van der Waals surface area contributed by atoms with Crippen molar-refractivity contribution in [3.05, 3.63) is 12.7 Å². The number of nitrogens with zero attached hydrogens (tertiary/aromatic N) is 1. The van der Waals surface area contributed by atoms with Gasteiger partial charge in [0.2, 0.25) is 0 Å². The summed E-state index contributed by atoms with van der Waals surface area (Å²) in [5.74, 6) is -1.40. The molecule has 1 fully saturated rings. The fourth-order valence-electron chi connectivity index (χ4n) is 1.65. The van der Waals surface area contributed by atoms with Gasteiger partial charge < -0.3 is 19.8 Å². The quantitative estimate of drug-likeness (QED) is 0.666. The van der Waals surface area contributed by atoms with Gasteiger partial charge in [-0.15, -0.1) is 0 Å². The Kier molecular flexibility index (Phi) is 4.30. The third-order valence-corrected chi connectivity index (χ3v) is 2.43. The second-order valence-corrected chi connectivity index (χ2v) is 3.70. The van der Waals surface area contributed by atoms with E-state index in [1.807, 2.05) is 0 Å². The maximum Gasteiger partial charge on any atom is 0.410 e. The van der Waals surface area contributed by atoms with Crippen molar-refractivity contribution in [1.82, 2.24) is 4.90 Å². The van der Waals surface area contributed by atoms with Gasteiger partial charge in [0, 0.05) is 12.5 Å². The summed E-state index contributed by atoms with van der Waals surface area (Å²) in [5.41, 5.74) is 0. The van der Waals surface area contributed by atoms with Gasteiger partial charge in [0.25, 0.3) is 0 Å². The van der Waals surface area contributed by atoms with Gasteiger partial charge in [-0.05, 0) is 0 Å². The number of aliphatic hydroxyl groups is 1. The lowest BCUT2D eigenvalue weighted by atomic mass is 10.0. The summed E-state index contributed by atoms with van der Waals surface area (Å²) in [5, 5.41) is 18.1. The van der Waals surface area contributed by atoms with Crippen LogP contribution >= 0.6 is 0 Å². The van der Waals surface area contributed by atoms with Gasteiger partial charge in [0.1, 0.15) is 6.61 Å². The Balaban J connectivity index is 2.45. The van der Waals surface area contributed by atoms with E-state index in [0.29, 0.717) is 0 Å². The Morgan fingerprint density at radius 3 is 2.75 bits per heavy atom. The molecule has 2 N–H and O–H groups in total. The third-order valence-electron chi connectivity index (χ3n) is 2.43. The molecule has 90 valence electrons. The average molecular weight is 229 g/mol. The first kappa shape index (κ1) is 12.5. The second kappa shape index (κ2) is 5.50. The number of likely N-dealkylation sites (tertiary alicyclic amines) is 1. The summed E-state index contributed by atoms with van der Waals surface area (Å²) in [4.78, 5) is 23.2. The minimum Gasteiger partial charge on any atom is -0.481 e. The number of hydrogen-bond donors (Lipinski definition) is 2. The van der Waals surface area contributed by atoms with Crippen molar-refractivity contribution in [2.45, 2.75) is 12.5 Å². The molecule has 0 aromatic rings. The number of aliphatic hydroxyl groups excluding tert-OH is 1. The Hall–Kier alpha value is -1.56. The van der Waals surface area contributed by atoms with E-state index in [9.17, 15) is 14.7 Å². The molecule has 0 unspecified atom stereocenters. The Morgan fingerprint density at radius 1 is 1.50 bits per heavy atom. The molecule has 16 heavy (non-hydrogen) atoms. The highest BCUT2D eigenvalue weighted by Crippen LogP contribution is 2.20. The van der Waals surface area contributed by atoms with Crippen molar-refractivity contribution in [2.24, 2.45) is 5.92 Å². The molecule has 0 bridgehead atoms. The van der Waals surface area contributed by atoms with Crippen LogP contribution in [-0.2, 0) is 9.53 Å². The zero-order valence-electron chi connectivity index (χ0n) is 8.83. The molecule has 6 heteroatoms. The predicted molar refractivity (Wildman–Crippen MR) is 54.9 cm³/mol. The second-order valence-electron chi connectivity index (χ2n) is 3.70. The number of carbonyl (C=O) groups excluding carboxylic acids is 1. The number of aliphatic carboxylic acids is 1. The molecular weight excluding hydrogens is 214 g/mol. The molecule has 1 aliphatic rings. The lowest BCUT2D eigenvalue weighted by molar-refractivity contribution is -0.138. The van der Waals surface area contributed by atoms with Crippen LogP contribution in [0.15, 0.2) is 12.7 Å². The zero-order valence-corrected chi connectivity index (χ0v) is 8.83. The number of carboxylic acid groups (broad SMARTS) is 1. The molecule has 0 aromatic carbocycles. The lowest BCUT2D eigenvalue weighted by Gasteiger charge is -2.14. The molecule has 2 atom stereocenters. The number of carboxylic acids is 1. The molecule has 0 spiro atoms. The molecule has 0 saturated carbocycles. The van der Waals surface area contributed by atoms with Gasteiger partial charge in [-0.25, -0.2) is 4.79 Å². The average Bonchev–Trinajstić information content (AvgIpc) is 2.56. The van der Waals surface area contributed by atoms with Crippen LogP contribution in [0.2, 0.25) is 0 Å². The first-order valence-corrected chi connectivity index (χ1v) is 4.97. The minimum atomic E-state index is -0.981. The molecule has 1 saturated heterocycles. The van der Waals surface area contributed by atoms with Gasteiger partial charge in [0.05, 0.1) is 19.1 Å². The van der Waals surface area contributed by atoms with Crippen LogP contribution in [-0.4, -0.2) is 53.0 Å². The summed E-state index contributed by atoms with van der Waals surface area (Å²) in [6.45, 7) is 3.84. The van der Waals surface area contributed by atoms with Crippen molar-refractivity contribution < 1.29 is 24.5 Å². The smallest absolute Gasteiger partial charge is 0.410 e. The summed E-state index contributed by atoms with van der Waals surface area (Å²) < 4.78 is 4.79.